The Morgan fingerprint density at radius 2 is 1.77 bits per heavy atom. The van der Waals surface area contributed by atoms with Gasteiger partial charge in [-0.25, -0.2) is 0 Å². The van der Waals surface area contributed by atoms with Crippen LogP contribution in [0.3, 0.4) is 0 Å². The number of hydrogen-bond acceptors (Lipinski definition) is 1. The predicted octanol–water partition coefficient (Wildman–Crippen LogP) is 3.10. The fourth-order valence-electron chi connectivity index (χ4n) is 3.54. The van der Waals surface area contributed by atoms with Gasteiger partial charge in [-0.1, -0.05) is 26.2 Å². The Morgan fingerprint density at radius 1 is 1.08 bits per heavy atom. The van der Waals surface area contributed by atoms with Gasteiger partial charge in [-0.3, -0.25) is 0 Å². The van der Waals surface area contributed by atoms with E-state index in [0.717, 1.165) is 6.04 Å². The van der Waals surface area contributed by atoms with E-state index < -0.39 is 0 Å². The largest absolute Gasteiger partial charge is 0.313 e. The SMILES string of the molecule is CCC1NCCCC12CCCCC2. The van der Waals surface area contributed by atoms with Crippen molar-refractivity contribution in [2.45, 2.75) is 64.3 Å². The molecular formula is C12H23N. The third-order valence-electron chi connectivity index (χ3n) is 4.24. The van der Waals surface area contributed by atoms with Gasteiger partial charge in [-0.15, -0.1) is 0 Å². The van der Waals surface area contributed by atoms with Crippen LogP contribution < -0.4 is 5.32 Å². The van der Waals surface area contributed by atoms with Gasteiger partial charge < -0.3 is 5.32 Å². The molecule has 0 aromatic carbocycles. The summed E-state index contributed by atoms with van der Waals surface area (Å²) in [6.07, 6.45) is 11.7. The van der Waals surface area contributed by atoms with Gasteiger partial charge >= 0.3 is 0 Å². The summed E-state index contributed by atoms with van der Waals surface area (Å²) in [6, 6.07) is 0.835. The molecule has 0 bridgehead atoms. The molecule has 0 amide bonds. The van der Waals surface area contributed by atoms with Gasteiger partial charge in [-0.05, 0) is 44.1 Å². The van der Waals surface area contributed by atoms with E-state index in [1.165, 1.54) is 57.9 Å². The van der Waals surface area contributed by atoms with Crippen LogP contribution in [-0.2, 0) is 0 Å². The average molecular weight is 181 g/mol. The first-order chi connectivity index (χ1) is 6.37. The van der Waals surface area contributed by atoms with E-state index in [2.05, 4.69) is 12.2 Å². The summed E-state index contributed by atoms with van der Waals surface area (Å²) >= 11 is 0. The Hall–Kier alpha value is -0.0400. The molecule has 1 atom stereocenters. The van der Waals surface area contributed by atoms with Gasteiger partial charge in [0.25, 0.3) is 0 Å². The maximum atomic E-state index is 3.73. The van der Waals surface area contributed by atoms with E-state index in [-0.39, 0.29) is 0 Å². The second-order valence-corrected chi connectivity index (χ2v) is 4.94. The maximum Gasteiger partial charge on any atom is 0.0121 e. The van der Waals surface area contributed by atoms with E-state index in [9.17, 15) is 0 Å². The lowest BCUT2D eigenvalue weighted by atomic mass is 9.64. The topological polar surface area (TPSA) is 12.0 Å². The zero-order valence-corrected chi connectivity index (χ0v) is 8.94. The van der Waals surface area contributed by atoms with Crippen molar-refractivity contribution in [1.82, 2.24) is 5.32 Å². The van der Waals surface area contributed by atoms with Crippen molar-refractivity contribution in [3.8, 4) is 0 Å². The monoisotopic (exact) mass is 181 g/mol. The summed E-state index contributed by atoms with van der Waals surface area (Å²) in [5.74, 6) is 0. The van der Waals surface area contributed by atoms with Crippen LogP contribution in [0.2, 0.25) is 0 Å². The van der Waals surface area contributed by atoms with Gasteiger partial charge in [0.05, 0.1) is 0 Å². The minimum Gasteiger partial charge on any atom is -0.313 e. The van der Waals surface area contributed by atoms with E-state index in [4.69, 9.17) is 0 Å². The van der Waals surface area contributed by atoms with E-state index in [1.54, 1.807) is 0 Å². The first-order valence-corrected chi connectivity index (χ1v) is 6.11. The quantitative estimate of drug-likeness (QED) is 0.655. The fraction of sp³-hybridized carbons (Fsp3) is 1.00. The van der Waals surface area contributed by atoms with E-state index in [0.29, 0.717) is 5.41 Å². The Bertz CT molecular complexity index is 150. The standard InChI is InChI=1S/C12H23N/c1-2-11-12(9-6-10-13-11)7-4-3-5-8-12/h11,13H,2-10H2,1H3. The summed E-state index contributed by atoms with van der Waals surface area (Å²) in [6.45, 7) is 3.61. The van der Waals surface area contributed by atoms with E-state index in [1.807, 2.05) is 0 Å². The van der Waals surface area contributed by atoms with Crippen LogP contribution in [0.5, 0.6) is 0 Å². The van der Waals surface area contributed by atoms with Crippen molar-refractivity contribution in [2.75, 3.05) is 6.54 Å². The smallest absolute Gasteiger partial charge is 0.0121 e. The minimum atomic E-state index is 0.714. The highest BCUT2D eigenvalue weighted by molar-refractivity contribution is 4.95. The van der Waals surface area contributed by atoms with Crippen LogP contribution >= 0.6 is 0 Å². The summed E-state index contributed by atoms with van der Waals surface area (Å²) < 4.78 is 0. The second-order valence-electron chi connectivity index (χ2n) is 4.94. The highest BCUT2D eigenvalue weighted by Crippen LogP contribution is 2.45. The number of piperidine rings is 1. The zero-order chi connectivity index (χ0) is 9.15. The molecule has 1 saturated carbocycles. The van der Waals surface area contributed by atoms with Gasteiger partial charge in [0, 0.05) is 6.04 Å². The predicted molar refractivity (Wildman–Crippen MR) is 56.8 cm³/mol. The van der Waals surface area contributed by atoms with Crippen LogP contribution in [0.25, 0.3) is 0 Å². The molecule has 1 aliphatic heterocycles. The Labute approximate surface area is 82.3 Å². The second kappa shape index (κ2) is 4.00. The highest BCUT2D eigenvalue weighted by atomic mass is 14.9. The van der Waals surface area contributed by atoms with Crippen LogP contribution in [-0.4, -0.2) is 12.6 Å². The van der Waals surface area contributed by atoms with Gasteiger partial charge in [0.2, 0.25) is 0 Å². The molecule has 1 heterocycles. The molecule has 0 aromatic heterocycles. The van der Waals surface area contributed by atoms with Gasteiger partial charge in [-0.2, -0.15) is 0 Å². The van der Waals surface area contributed by atoms with Crippen molar-refractivity contribution < 1.29 is 0 Å². The molecule has 0 radical (unpaired) electrons. The molecule has 2 fully saturated rings. The molecule has 1 N–H and O–H groups in total. The third kappa shape index (κ3) is 1.76. The Kier molecular flexibility index (Phi) is 2.92. The summed E-state index contributed by atoms with van der Waals surface area (Å²) in [5.41, 5.74) is 0.714. The summed E-state index contributed by atoms with van der Waals surface area (Å²) in [4.78, 5) is 0. The zero-order valence-electron chi connectivity index (χ0n) is 8.94. The van der Waals surface area contributed by atoms with Crippen LogP contribution in [0.15, 0.2) is 0 Å². The molecule has 13 heavy (non-hydrogen) atoms. The lowest BCUT2D eigenvalue weighted by molar-refractivity contribution is 0.0790. The molecule has 1 spiro atoms. The van der Waals surface area contributed by atoms with Gasteiger partial charge in [0.15, 0.2) is 0 Å². The first kappa shape index (κ1) is 9.51. The van der Waals surface area contributed by atoms with Crippen molar-refractivity contribution in [3.05, 3.63) is 0 Å². The molecular weight excluding hydrogens is 158 g/mol. The molecule has 1 saturated heterocycles. The molecule has 1 nitrogen and oxygen atoms in total. The maximum absolute atomic E-state index is 3.73. The molecule has 2 aliphatic rings. The summed E-state index contributed by atoms with van der Waals surface area (Å²) in [5, 5.41) is 3.73. The Balaban J connectivity index is 2.06. The van der Waals surface area contributed by atoms with Crippen LogP contribution in [0, 0.1) is 5.41 Å². The fourth-order valence-corrected chi connectivity index (χ4v) is 3.54. The Morgan fingerprint density at radius 3 is 2.46 bits per heavy atom. The normalized spacial score (nSPS) is 33.5. The highest BCUT2D eigenvalue weighted by Gasteiger charge is 2.39. The van der Waals surface area contributed by atoms with Crippen LogP contribution in [0.4, 0.5) is 0 Å². The third-order valence-corrected chi connectivity index (χ3v) is 4.24. The molecule has 76 valence electrons. The van der Waals surface area contributed by atoms with Crippen molar-refractivity contribution in [3.63, 3.8) is 0 Å². The number of nitrogens with one attached hydrogen (secondary N) is 1. The van der Waals surface area contributed by atoms with Crippen molar-refractivity contribution in [1.29, 1.82) is 0 Å². The van der Waals surface area contributed by atoms with Gasteiger partial charge in [0.1, 0.15) is 0 Å². The molecule has 0 aromatic rings. The van der Waals surface area contributed by atoms with Crippen LogP contribution in [0.1, 0.15) is 58.3 Å². The molecule has 1 heteroatoms. The van der Waals surface area contributed by atoms with E-state index >= 15 is 0 Å². The molecule has 1 aliphatic carbocycles. The lowest BCUT2D eigenvalue weighted by Crippen LogP contribution is -2.50. The number of hydrogen-bond donors (Lipinski definition) is 1. The summed E-state index contributed by atoms with van der Waals surface area (Å²) in [7, 11) is 0. The van der Waals surface area contributed by atoms with Crippen molar-refractivity contribution in [2.24, 2.45) is 5.41 Å². The first-order valence-electron chi connectivity index (χ1n) is 6.11. The molecule has 1 unspecified atom stereocenters. The van der Waals surface area contributed by atoms with Crippen molar-refractivity contribution >= 4 is 0 Å². The average Bonchev–Trinajstić information content (AvgIpc) is 2.20. The number of rotatable bonds is 1. The lowest BCUT2D eigenvalue weighted by Gasteiger charge is -2.47. The molecule has 2 rings (SSSR count). The minimum absolute atomic E-state index is 0.714.